The van der Waals surface area contributed by atoms with Crippen LogP contribution in [-0.4, -0.2) is 49.7 Å². The number of hydrogen-bond donors (Lipinski definition) is 0. The molecular formula is C19H27FN2O3S. The molecule has 7 heteroatoms. The summed E-state index contributed by atoms with van der Waals surface area (Å²) < 4.78 is 41.6. The average Bonchev–Trinajstić information content (AvgIpc) is 3.07. The van der Waals surface area contributed by atoms with Gasteiger partial charge >= 0.3 is 0 Å². The minimum absolute atomic E-state index is 0.0289. The molecule has 0 N–H and O–H groups in total. The van der Waals surface area contributed by atoms with Crippen molar-refractivity contribution in [2.75, 3.05) is 20.1 Å². The number of hydrogen-bond acceptors (Lipinski definition) is 3. The van der Waals surface area contributed by atoms with Crippen LogP contribution >= 0.6 is 0 Å². The lowest BCUT2D eigenvalue weighted by molar-refractivity contribution is -0.135. The van der Waals surface area contributed by atoms with Crippen LogP contribution in [0.5, 0.6) is 0 Å². The largest absolute Gasteiger partial charge is 0.345 e. The van der Waals surface area contributed by atoms with E-state index in [4.69, 9.17) is 0 Å². The second-order valence-corrected chi connectivity index (χ2v) is 9.24. The Morgan fingerprint density at radius 2 is 1.77 bits per heavy atom. The number of rotatable bonds is 2. The van der Waals surface area contributed by atoms with E-state index >= 15 is 0 Å². The number of nitrogens with zero attached hydrogens (tertiary/aromatic N) is 2. The van der Waals surface area contributed by atoms with E-state index in [1.54, 1.807) is 11.9 Å². The first-order chi connectivity index (χ1) is 12.4. The molecule has 2 aliphatic rings. The van der Waals surface area contributed by atoms with Crippen molar-refractivity contribution in [2.45, 2.75) is 55.9 Å². The predicted octanol–water partition coefficient (Wildman–Crippen LogP) is 3.02. The summed E-state index contributed by atoms with van der Waals surface area (Å²) in [6, 6.07) is 4.82. The number of benzene rings is 1. The SMILES string of the molecule is CN1CCCCCCN(S(=O)(=O)c2cccc(F)c2)C2CCCC2C1=O. The lowest BCUT2D eigenvalue weighted by Gasteiger charge is -2.33. The highest BCUT2D eigenvalue weighted by atomic mass is 32.2. The number of sulfonamides is 1. The summed E-state index contributed by atoms with van der Waals surface area (Å²) in [6.45, 7) is 1.11. The van der Waals surface area contributed by atoms with Gasteiger partial charge in [-0.25, -0.2) is 12.8 Å². The van der Waals surface area contributed by atoms with Crippen LogP contribution in [-0.2, 0) is 14.8 Å². The average molecular weight is 383 g/mol. The van der Waals surface area contributed by atoms with Crippen molar-refractivity contribution in [1.29, 1.82) is 0 Å². The van der Waals surface area contributed by atoms with E-state index in [0.717, 1.165) is 44.7 Å². The zero-order valence-corrected chi connectivity index (χ0v) is 16.0. The highest BCUT2D eigenvalue weighted by molar-refractivity contribution is 7.89. The first kappa shape index (κ1) is 19.3. The van der Waals surface area contributed by atoms with E-state index in [1.165, 1.54) is 22.5 Å². The molecule has 0 bridgehead atoms. The first-order valence-electron chi connectivity index (χ1n) is 9.43. The van der Waals surface area contributed by atoms with Crippen LogP contribution in [0.1, 0.15) is 44.9 Å². The van der Waals surface area contributed by atoms with E-state index in [9.17, 15) is 17.6 Å². The van der Waals surface area contributed by atoms with Gasteiger partial charge in [0.2, 0.25) is 15.9 Å². The standard InChI is InChI=1S/C19H27FN2O3S/c1-21-12-4-2-3-5-13-22(18-11-7-10-17(18)19(21)23)26(24,25)16-9-6-8-15(20)14-16/h6,8-9,14,17-18H,2-5,7,10-13H2,1H3. The van der Waals surface area contributed by atoms with Crippen LogP contribution in [0.15, 0.2) is 29.2 Å². The van der Waals surface area contributed by atoms with Crippen LogP contribution in [0.4, 0.5) is 4.39 Å². The zero-order valence-electron chi connectivity index (χ0n) is 15.2. The summed E-state index contributed by atoms with van der Waals surface area (Å²) in [5, 5.41) is 0. The van der Waals surface area contributed by atoms with Crippen molar-refractivity contribution >= 4 is 15.9 Å². The molecule has 1 aromatic carbocycles. The predicted molar refractivity (Wildman–Crippen MR) is 97.5 cm³/mol. The van der Waals surface area contributed by atoms with Gasteiger partial charge in [0.15, 0.2) is 0 Å². The van der Waals surface area contributed by atoms with Gasteiger partial charge in [0.05, 0.1) is 10.8 Å². The summed E-state index contributed by atoms with van der Waals surface area (Å²) >= 11 is 0. The monoisotopic (exact) mass is 382 g/mol. The maximum atomic E-state index is 13.6. The van der Waals surface area contributed by atoms with Gasteiger partial charge in [-0.1, -0.05) is 25.3 Å². The fourth-order valence-corrected chi connectivity index (χ4v) is 5.92. The quantitative estimate of drug-likeness (QED) is 0.790. The normalized spacial score (nSPS) is 26.4. The molecule has 0 aromatic heterocycles. The smallest absolute Gasteiger partial charge is 0.243 e. The Labute approximate surface area is 155 Å². The molecule has 1 aliphatic carbocycles. The van der Waals surface area contributed by atoms with Crippen LogP contribution in [0.2, 0.25) is 0 Å². The van der Waals surface area contributed by atoms with Crippen LogP contribution in [0.3, 0.4) is 0 Å². The van der Waals surface area contributed by atoms with Crippen LogP contribution < -0.4 is 0 Å². The molecule has 0 radical (unpaired) electrons. The van der Waals surface area contributed by atoms with E-state index in [-0.39, 0.29) is 22.8 Å². The minimum Gasteiger partial charge on any atom is -0.345 e. The maximum absolute atomic E-state index is 13.6. The Balaban J connectivity index is 1.97. The lowest BCUT2D eigenvalue weighted by Crippen LogP contribution is -2.47. The molecule has 1 aromatic rings. The molecule has 1 heterocycles. The second kappa shape index (κ2) is 8.05. The molecule has 0 spiro atoms. The Bertz CT molecular complexity index is 753. The topological polar surface area (TPSA) is 57.7 Å². The van der Waals surface area contributed by atoms with Crippen LogP contribution in [0, 0.1) is 11.7 Å². The van der Waals surface area contributed by atoms with Gasteiger partial charge in [-0.15, -0.1) is 0 Å². The number of carbonyl (C=O) groups is 1. The van der Waals surface area contributed by atoms with Crippen molar-refractivity contribution in [2.24, 2.45) is 5.92 Å². The molecule has 144 valence electrons. The van der Waals surface area contributed by atoms with E-state index < -0.39 is 15.8 Å². The summed E-state index contributed by atoms with van der Waals surface area (Å²) in [5.41, 5.74) is 0. The van der Waals surface area contributed by atoms with Gasteiger partial charge in [0, 0.05) is 26.2 Å². The molecule has 2 atom stereocenters. The highest BCUT2D eigenvalue weighted by Crippen LogP contribution is 2.35. The van der Waals surface area contributed by atoms with Crippen molar-refractivity contribution in [3.8, 4) is 0 Å². The molecule has 1 aliphatic heterocycles. The molecule has 2 unspecified atom stereocenters. The van der Waals surface area contributed by atoms with Gasteiger partial charge in [-0.3, -0.25) is 4.79 Å². The van der Waals surface area contributed by atoms with Gasteiger partial charge in [-0.05, 0) is 43.9 Å². The van der Waals surface area contributed by atoms with Crippen LogP contribution in [0.25, 0.3) is 0 Å². The van der Waals surface area contributed by atoms with Crippen molar-refractivity contribution in [3.63, 3.8) is 0 Å². The molecule has 1 saturated carbocycles. The van der Waals surface area contributed by atoms with Crippen molar-refractivity contribution in [3.05, 3.63) is 30.1 Å². The number of fused-ring (bicyclic) bond motifs is 1. The molecule has 3 rings (SSSR count). The Morgan fingerprint density at radius 3 is 2.50 bits per heavy atom. The minimum atomic E-state index is -3.84. The molecule has 1 amide bonds. The summed E-state index contributed by atoms with van der Waals surface area (Å²) in [5.74, 6) is -0.835. The van der Waals surface area contributed by atoms with Crippen molar-refractivity contribution < 1.29 is 17.6 Å². The van der Waals surface area contributed by atoms with Gasteiger partial charge in [-0.2, -0.15) is 4.31 Å². The lowest BCUT2D eigenvalue weighted by atomic mass is 10.0. The molecule has 5 nitrogen and oxygen atoms in total. The third-order valence-electron chi connectivity index (χ3n) is 5.57. The summed E-state index contributed by atoms with van der Waals surface area (Å²) in [4.78, 5) is 14.6. The van der Waals surface area contributed by atoms with E-state index in [1.807, 2.05) is 0 Å². The molecular weight excluding hydrogens is 355 g/mol. The van der Waals surface area contributed by atoms with Gasteiger partial charge in [0.1, 0.15) is 5.82 Å². The zero-order chi connectivity index (χ0) is 18.7. The Kier molecular flexibility index (Phi) is 5.97. The van der Waals surface area contributed by atoms with E-state index in [2.05, 4.69) is 0 Å². The third kappa shape index (κ3) is 3.93. The number of carbonyl (C=O) groups excluding carboxylic acids is 1. The molecule has 2 fully saturated rings. The summed E-state index contributed by atoms with van der Waals surface area (Å²) in [7, 11) is -2.03. The van der Waals surface area contributed by atoms with Gasteiger partial charge in [0.25, 0.3) is 0 Å². The first-order valence-corrected chi connectivity index (χ1v) is 10.9. The summed E-state index contributed by atoms with van der Waals surface area (Å²) in [6.07, 6.45) is 5.83. The third-order valence-corrected chi connectivity index (χ3v) is 7.49. The number of halogens is 1. The molecule has 1 saturated heterocycles. The maximum Gasteiger partial charge on any atom is 0.243 e. The Hall–Kier alpha value is -1.47. The second-order valence-electron chi connectivity index (χ2n) is 7.35. The number of amides is 1. The van der Waals surface area contributed by atoms with Gasteiger partial charge < -0.3 is 4.90 Å². The fraction of sp³-hybridized carbons (Fsp3) is 0.632. The highest BCUT2D eigenvalue weighted by Gasteiger charge is 2.43. The van der Waals surface area contributed by atoms with E-state index in [0.29, 0.717) is 19.4 Å². The fourth-order valence-electron chi connectivity index (χ4n) is 4.16. The molecule has 26 heavy (non-hydrogen) atoms. The Morgan fingerprint density at radius 1 is 1.04 bits per heavy atom. The van der Waals surface area contributed by atoms with Crippen molar-refractivity contribution in [1.82, 2.24) is 9.21 Å².